The third kappa shape index (κ3) is 5.11. The second-order valence-corrected chi connectivity index (χ2v) is 10.7. The highest BCUT2D eigenvalue weighted by Gasteiger charge is 2.32. The number of non-ortho nitro benzene ring substituents is 1. The van der Waals surface area contributed by atoms with Crippen molar-refractivity contribution in [3.05, 3.63) is 84.3 Å². The summed E-state index contributed by atoms with van der Waals surface area (Å²) in [7, 11) is 0. The SMILES string of the molecule is CC(C)(C)[C@H]1CCc2c(sc(N=Cc3ccccc3Oc3ccc([N+](=O)[O-])cc3[N+](=O)[O-])c2C#N)C1. The zero-order chi connectivity index (χ0) is 26.0. The van der Waals surface area contributed by atoms with Crippen LogP contribution in [0.1, 0.15) is 48.8 Å². The summed E-state index contributed by atoms with van der Waals surface area (Å²) in [4.78, 5) is 26.9. The molecule has 4 rings (SSSR count). The summed E-state index contributed by atoms with van der Waals surface area (Å²) in [6.07, 6.45) is 4.40. The lowest BCUT2D eigenvalue weighted by molar-refractivity contribution is -0.394. The van der Waals surface area contributed by atoms with E-state index in [1.807, 2.05) is 0 Å². The van der Waals surface area contributed by atoms with E-state index in [2.05, 4.69) is 31.8 Å². The molecule has 0 unspecified atom stereocenters. The van der Waals surface area contributed by atoms with Gasteiger partial charge in [-0.2, -0.15) is 5.26 Å². The largest absolute Gasteiger partial charge is 0.449 e. The van der Waals surface area contributed by atoms with Gasteiger partial charge in [-0.05, 0) is 54.4 Å². The van der Waals surface area contributed by atoms with E-state index in [-0.39, 0.29) is 11.2 Å². The number of hydrogen-bond donors (Lipinski definition) is 0. The molecular formula is C26H24N4O5S. The Bertz CT molecular complexity index is 1410. The predicted octanol–water partition coefficient (Wildman–Crippen LogP) is 7.13. The molecule has 0 amide bonds. The number of thiophene rings is 1. The predicted molar refractivity (Wildman–Crippen MR) is 138 cm³/mol. The number of aliphatic imine (C=N–C) groups is 1. The molecule has 36 heavy (non-hydrogen) atoms. The van der Waals surface area contributed by atoms with Gasteiger partial charge < -0.3 is 4.74 Å². The first-order valence-electron chi connectivity index (χ1n) is 11.4. The highest BCUT2D eigenvalue weighted by atomic mass is 32.1. The van der Waals surface area contributed by atoms with E-state index >= 15 is 0 Å². The molecule has 0 saturated carbocycles. The van der Waals surface area contributed by atoms with E-state index in [1.165, 1.54) is 22.3 Å². The maximum absolute atomic E-state index is 11.5. The van der Waals surface area contributed by atoms with Crippen LogP contribution in [0, 0.1) is 42.9 Å². The number of nitro groups is 2. The van der Waals surface area contributed by atoms with E-state index in [9.17, 15) is 25.5 Å². The lowest BCUT2D eigenvalue weighted by Gasteiger charge is -2.33. The number of ether oxygens (including phenoxy) is 1. The minimum Gasteiger partial charge on any atom is -0.449 e. The normalized spacial score (nSPS) is 15.3. The number of para-hydroxylation sites is 1. The van der Waals surface area contributed by atoms with Crippen LogP contribution in [0.3, 0.4) is 0 Å². The molecule has 0 aliphatic heterocycles. The molecule has 0 N–H and O–H groups in total. The monoisotopic (exact) mass is 504 g/mol. The van der Waals surface area contributed by atoms with Gasteiger partial charge in [0.1, 0.15) is 16.8 Å². The van der Waals surface area contributed by atoms with Crippen molar-refractivity contribution < 1.29 is 14.6 Å². The highest BCUT2D eigenvalue weighted by molar-refractivity contribution is 7.16. The maximum Gasteiger partial charge on any atom is 0.318 e. The fraction of sp³-hybridized carbons (Fsp3) is 0.308. The molecule has 0 saturated heterocycles. The van der Waals surface area contributed by atoms with E-state index in [0.29, 0.717) is 27.8 Å². The molecule has 0 radical (unpaired) electrons. The summed E-state index contributed by atoms with van der Waals surface area (Å²) >= 11 is 1.53. The fourth-order valence-electron chi connectivity index (χ4n) is 4.29. The number of nitriles is 1. The fourth-order valence-corrected chi connectivity index (χ4v) is 5.51. The molecule has 0 spiro atoms. The molecule has 184 valence electrons. The van der Waals surface area contributed by atoms with Crippen LogP contribution >= 0.6 is 11.3 Å². The van der Waals surface area contributed by atoms with Gasteiger partial charge in [-0.15, -0.1) is 11.3 Å². The Morgan fingerprint density at radius 1 is 1.14 bits per heavy atom. The number of benzene rings is 2. The van der Waals surface area contributed by atoms with Gasteiger partial charge >= 0.3 is 5.69 Å². The summed E-state index contributed by atoms with van der Waals surface area (Å²) in [5.74, 6) is 0.716. The smallest absolute Gasteiger partial charge is 0.318 e. The lowest BCUT2D eigenvalue weighted by atomic mass is 9.72. The quantitative estimate of drug-likeness (QED) is 0.199. The minimum atomic E-state index is -0.723. The number of hydrogen-bond acceptors (Lipinski definition) is 8. The maximum atomic E-state index is 11.5. The second-order valence-electron chi connectivity index (χ2n) is 9.67. The third-order valence-corrected chi connectivity index (χ3v) is 7.56. The summed E-state index contributed by atoms with van der Waals surface area (Å²) in [5.41, 5.74) is 1.51. The molecule has 2 aromatic carbocycles. The van der Waals surface area contributed by atoms with Crippen molar-refractivity contribution in [2.45, 2.75) is 40.0 Å². The molecule has 1 aromatic heterocycles. The summed E-state index contributed by atoms with van der Waals surface area (Å²) < 4.78 is 5.80. The minimum absolute atomic E-state index is 0.121. The van der Waals surface area contributed by atoms with E-state index in [1.54, 1.807) is 30.5 Å². The molecule has 0 bridgehead atoms. The van der Waals surface area contributed by atoms with Crippen LogP contribution in [0.5, 0.6) is 11.5 Å². The van der Waals surface area contributed by atoms with Crippen LogP contribution in [0.4, 0.5) is 16.4 Å². The number of nitro benzene ring substituents is 2. The van der Waals surface area contributed by atoms with Gasteiger partial charge in [0, 0.05) is 22.7 Å². The highest BCUT2D eigenvalue weighted by Crippen LogP contribution is 2.45. The Morgan fingerprint density at radius 3 is 2.56 bits per heavy atom. The third-order valence-electron chi connectivity index (χ3n) is 6.39. The van der Waals surface area contributed by atoms with Crippen molar-refractivity contribution >= 4 is 33.9 Å². The van der Waals surface area contributed by atoms with Crippen LogP contribution < -0.4 is 4.74 Å². The van der Waals surface area contributed by atoms with Crippen LogP contribution in [0.15, 0.2) is 47.5 Å². The first kappa shape index (κ1) is 25.0. The van der Waals surface area contributed by atoms with E-state index in [4.69, 9.17) is 4.74 Å². The molecule has 1 atom stereocenters. The first-order valence-corrected chi connectivity index (χ1v) is 12.2. The second kappa shape index (κ2) is 9.87. The molecule has 3 aromatic rings. The van der Waals surface area contributed by atoms with Gasteiger partial charge in [0.25, 0.3) is 5.69 Å². The first-order chi connectivity index (χ1) is 17.1. The van der Waals surface area contributed by atoms with Crippen LogP contribution in [0.2, 0.25) is 0 Å². The zero-order valence-corrected chi connectivity index (χ0v) is 20.9. The molecule has 0 fully saturated rings. The van der Waals surface area contributed by atoms with Gasteiger partial charge in [0.15, 0.2) is 0 Å². The summed E-state index contributed by atoms with van der Waals surface area (Å²) in [5, 5.41) is 33.0. The number of fused-ring (bicyclic) bond motifs is 1. The van der Waals surface area contributed by atoms with Crippen LogP contribution in [0.25, 0.3) is 0 Å². The lowest BCUT2D eigenvalue weighted by Crippen LogP contribution is -2.26. The van der Waals surface area contributed by atoms with Crippen molar-refractivity contribution in [3.8, 4) is 17.6 Å². The Balaban J connectivity index is 1.65. The Hall–Kier alpha value is -4.10. The van der Waals surface area contributed by atoms with Crippen molar-refractivity contribution in [2.75, 3.05) is 0 Å². The summed E-state index contributed by atoms with van der Waals surface area (Å²) in [6, 6.07) is 12.4. The van der Waals surface area contributed by atoms with Gasteiger partial charge in [-0.1, -0.05) is 32.9 Å². The molecule has 1 aliphatic rings. The molecule has 9 nitrogen and oxygen atoms in total. The Labute approximate surface area is 212 Å². The molecule has 1 heterocycles. The average molecular weight is 505 g/mol. The van der Waals surface area contributed by atoms with Gasteiger partial charge in [0.05, 0.1) is 21.5 Å². The van der Waals surface area contributed by atoms with E-state index in [0.717, 1.165) is 37.0 Å². The standard InChI is InChI=1S/C26H24N4O5S/c1-26(2,3)17-8-10-19-20(14-27)25(36-24(19)12-17)28-15-16-6-4-5-7-22(16)35-23-11-9-18(29(31)32)13-21(23)30(33)34/h4-7,9,11,13,15,17H,8,10,12H2,1-3H3/t17-/m0/s1. The van der Waals surface area contributed by atoms with E-state index < -0.39 is 21.2 Å². The van der Waals surface area contributed by atoms with Gasteiger partial charge in [-0.3, -0.25) is 20.2 Å². The molecule has 10 heteroatoms. The Morgan fingerprint density at radius 2 is 1.89 bits per heavy atom. The van der Waals surface area contributed by atoms with Crippen molar-refractivity contribution in [2.24, 2.45) is 16.3 Å². The topological polar surface area (TPSA) is 132 Å². The summed E-state index contributed by atoms with van der Waals surface area (Å²) in [6.45, 7) is 6.73. The van der Waals surface area contributed by atoms with Crippen molar-refractivity contribution in [3.63, 3.8) is 0 Å². The number of rotatable bonds is 6. The van der Waals surface area contributed by atoms with Crippen molar-refractivity contribution in [1.29, 1.82) is 5.26 Å². The molecular weight excluding hydrogens is 480 g/mol. The van der Waals surface area contributed by atoms with Crippen molar-refractivity contribution in [1.82, 2.24) is 0 Å². The van der Waals surface area contributed by atoms with Crippen LogP contribution in [-0.2, 0) is 12.8 Å². The Kier molecular flexibility index (Phi) is 6.86. The molecule has 1 aliphatic carbocycles. The number of nitrogens with zero attached hydrogens (tertiary/aromatic N) is 4. The van der Waals surface area contributed by atoms with Gasteiger partial charge in [-0.25, -0.2) is 4.99 Å². The van der Waals surface area contributed by atoms with Gasteiger partial charge in [0.2, 0.25) is 5.75 Å². The van der Waals surface area contributed by atoms with Crippen LogP contribution in [-0.4, -0.2) is 16.1 Å². The zero-order valence-electron chi connectivity index (χ0n) is 20.1. The average Bonchev–Trinajstić information content (AvgIpc) is 3.19.